The SMILES string of the molecule is CC(C)[C@@H](OP(=O)(O)O)[C@H]1O[C@@H](n2cc(F)c(=O)[nH]c2=O)C[C@@H]1O. The van der Waals surface area contributed by atoms with E-state index < -0.39 is 55.3 Å². The van der Waals surface area contributed by atoms with Gasteiger partial charge in [-0.1, -0.05) is 13.8 Å². The van der Waals surface area contributed by atoms with Gasteiger partial charge in [-0.05, 0) is 5.92 Å². The largest absolute Gasteiger partial charge is 0.469 e. The Morgan fingerprint density at radius 2 is 2.08 bits per heavy atom. The van der Waals surface area contributed by atoms with Crippen LogP contribution in [-0.4, -0.2) is 42.8 Å². The molecule has 136 valence electrons. The van der Waals surface area contributed by atoms with Gasteiger partial charge in [0.05, 0.1) is 12.3 Å². The summed E-state index contributed by atoms with van der Waals surface area (Å²) >= 11 is 0. The van der Waals surface area contributed by atoms with Gasteiger partial charge in [-0.15, -0.1) is 0 Å². The topological polar surface area (TPSA) is 151 Å². The highest BCUT2D eigenvalue weighted by atomic mass is 31.2. The van der Waals surface area contributed by atoms with Gasteiger partial charge in [0.1, 0.15) is 18.4 Å². The summed E-state index contributed by atoms with van der Waals surface area (Å²) in [7, 11) is -4.84. The van der Waals surface area contributed by atoms with Crippen molar-refractivity contribution in [2.45, 2.75) is 44.8 Å². The summed E-state index contributed by atoms with van der Waals surface area (Å²) in [5, 5.41) is 10.1. The number of H-pyrrole nitrogens is 1. The Balaban J connectivity index is 2.28. The molecule has 0 aromatic carbocycles. The number of aromatic amines is 1. The molecular weight excluding hydrogens is 350 g/mol. The molecule has 0 aliphatic carbocycles. The first kappa shape index (κ1) is 19.0. The van der Waals surface area contributed by atoms with Gasteiger partial charge in [0.25, 0.3) is 5.56 Å². The fourth-order valence-corrected chi connectivity index (χ4v) is 3.22. The number of halogens is 1. The van der Waals surface area contributed by atoms with Crippen molar-refractivity contribution in [3.63, 3.8) is 0 Å². The van der Waals surface area contributed by atoms with E-state index in [1.165, 1.54) is 0 Å². The molecule has 0 radical (unpaired) electrons. The van der Waals surface area contributed by atoms with Gasteiger partial charge in [0.2, 0.25) is 5.82 Å². The summed E-state index contributed by atoms with van der Waals surface area (Å²) in [6.07, 6.45) is -4.14. The summed E-state index contributed by atoms with van der Waals surface area (Å²) in [6.45, 7) is 3.21. The first-order valence-corrected chi connectivity index (χ1v) is 8.61. The van der Waals surface area contributed by atoms with Crippen LogP contribution in [0, 0.1) is 11.7 Å². The van der Waals surface area contributed by atoms with Crippen LogP contribution in [0.15, 0.2) is 15.8 Å². The van der Waals surface area contributed by atoms with Gasteiger partial charge in [-0.3, -0.25) is 18.9 Å². The lowest BCUT2D eigenvalue weighted by Gasteiger charge is -2.28. The van der Waals surface area contributed by atoms with Crippen molar-refractivity contribution in [1.29, 1.82) is 0 Å². The molecule has 1 saturated heterocycles. The molecule has 12 heteroatoms. The van der Waals surface area contributed by atoms with Crippen molar-refractivity contribution in [3.8, 4) is 0 Å². The van der Waals surface area contributed by atoms with Crippen molar-refractivity contribution in [1.82, 2.24) is 9.55 Å². The van der Waals surface area contributed by atoms with Crippen molar-refractivity contribution in [2.75, 3.05) is 0 Å². The number of aliphatic hydroxyl groups is 1. The van der Waals surface area contributed by atoms with Crippen LogP contribution in [0.4, 0.5) is 4.39 Å². The Morgan fingerprint density at radius 3 is 2.62 bits per heavy atom. The van der Waals surface area contributed by atoms with E-state index in [1.54, 1.807) is 18.8 Å². The standard InChI is InChI=1S/C12H18FN2O8P/c1-5(2)9(23-24(19,20)21)10-7(16)3-8(22-10)15-4-6(13)11(17)14-12(15)18/h4-5,7-10,16H,3H2,1-2H3,(H,14,17,18)(H2,19,20,21)/t7-,8+,9+,10-/m0/s1. The summed E-state index contributed by atoms with van der Waals surface area (Å²) in [6, 6.07) is 0. The zero-order valence-electron chi connectivity index (χ0n) is 12.8. The van der Waals surface area contributed by atoms with E-state index in [0.29, 0.717) is 6.20 Å². The summed E-state index contributed by atoms with van der Waals surface area (Å²) in [5.41, 5.74) is -2.12. The van der Waals surface area contributed by atoms with Gasteiger partial charge in [-0.2, -0.15) is 4.39 Å². The van der Waals surface area contributed by atoms with Gasteiger partial charge in [0.15, 0.2) is 0 Å². The van der Waals surface area contributed by atoms with Crippen LogP contribution in [0.3, 0.4) is 0 Å². The Bertz CT molecular complexity index is 756. The molecule has 4 atom stereocenters. The number of ether oxygens (including phenoxy) is 1. The highest BCUT2D eigenvalue weighted by Crippen LogP contribution is 2.43. The van der Waals surface area contributed by atoms with Crippen molar-refractivity contribution in [2.24, 2.45) is 5.92 Å². The second-order valence-corrected chi connectivity index (χ2v) is 7.00. The summed E-state index contributed by atoms with van der Waals surface area (Å²) in [4.78, 5) is 42.5. The number of phosphoric acid groups is 1. The minimum Gasteiger partial charge on any atom is -0.390 e. The fourth-order valence-electron chi connectivity index (χ4n) is 2.54. The molecule has 0 spiro atoms. The van der Waals surface area contributed by atoms with Crippen LogP contribution in [0.5, 0.6) is 0 Å². The zero-order valence-corrected chi connectivity index (χ0v) is 13.7. The Hall–Kier alpha value is -1.36. The van der Waals surface area contributed by atoms with E-state index in [4.69, 9.17) is 14.5 Å². The van der Waals surface area contributed by atoms with Gasteiger partial charge in [0, 0.05) is 6.42 Å². The van der Waals surface area contributed by atoms with Gasteiger partial charge in [-0.25, -0.2) is 9.36 Å². The molecule has 4 N–H and O–H groups in total. The van der Waals surface area contributed by atoms with E-state index in [9.17, 15) is 23.7 Å². The van der Waals surface area contributed by atoms with Crippen LogP contribution in [-0.2, 0) is 13.8 Å². The third-order valence-corrected chi connectivity index (χ3v) is 4.13. The first-order chi connectivity index (χ1) is 11.0. The maximum Gasteiger partial charge on any atom is 0.469 e. The smallest absolute Gasteiger partial charge is 0.390 e. The quantitative estimate of drug-likeness (QED) is 0.506. The van der Waals surface area contributed by atoms with Crippen LogP contribution < -0.4 is 11.2 Å². The zero-order chi connectivity index (χ0) is 18.2. The lowest BCUT2D eigenvalue weighted by molar-refractivity contribution is -0.0936. The predicted molar refractivity (Wildman–Crippen MR) is 77.6 cm³/mol. The molecule has 1 aliphatic heterocycles. The number of nitrogens with zero attached hydrogens (tertiary/aromatic N) is 1. The third-order valence-electron chi connectivity index (χ3n) is 3.61. The minimum absolute atomic E-state index is 0.149. The number of aromatic nitrogens is 2. The Morgan fingerprint density at radius 1 is 1.46 bits per heavy atom. The summed E-state index contributed by atoms with van der Waals surface area (Å²) in [5.74, 6) is -1.64. The lowest BCUT2D eigenvalue weighted by atomic mass is 9.98. The number of nitrogens with one attached hydrogen (secondary N) is 1. The molecular formula is C12H18FN2O8P. The maximum absolute atomic E-state index is 13.4. The van der Waals surface area contributed by atoms with Crippen molar-refractivity contribution >= 4 is 7.82 Å². The van der Waals surface area contributed by atoms with Crippen LogP contribution >= 0.6 is 7.82 Å². The first-order valence-electron chi connectivity index (χ1n) is 7.08. The number of hydrogen-bond donors (Lipinski definition) is 4. The van der Waals surface area contributed by atoms with E-state index >= 15 is 0 Å². The van der Waals surface area contributed by atoms with Crippen molar-refractivity contribution in [3.05, 3.63) is 32.9 Å². The predicted octanol–water partition coefficient (Wildman–Crippen LogP) is -0.542. The minimum atomic E-state index is -4.84. The molecule has 2 heterocycles. The average Bonchev–Trinajstić information content (AvgIpc) is 2.80. The van der Waals surface area contributed by atoms with Gasteiger partial charge >= 0.3 is 13.5 Å². The number of hydrogen-bond acceptors (Lipinski definition) is 6. The molecule has 0 unspecified atom stereocenters. The van der Waals surface area contributed by atoms with E-state index in [0.717, 1.165) is 4.57 Å². The molecule has 0 bridgehead atoms. The number of phosphoric ester groups is 1. The monoisotopic (exact) mass is 368 g/mol. The van der Waals surface area contributed by atoms with E-state index in [-0.39, 0.29) is 6.42 Å². The molecule has 0 saturated carbocycles. The van der Waals surface area contributed by atoms with E-state index in [2.05, 4.69) is 4.52 Å². The highest BCUT2D eigenvalue weighted by Gasteiger charge is 2.44. The van der Waals surface area contributed by atoms with Crippen LogP contribution in [0.2, 0.25) is 0 Å². The molecule has 1 fully saturated rings. The molecule has 10 nitrogen and oxygen atoms in total. The molecule has 24 heavy (non-hydrogen) atoms. The van der Waals surface area contributed by atoms with E-state index in [1.807, 2.05) is 0 Å². The number of aliphatic hydroxyl groups excluding tert-OH is 1. The molecule has 1 aromatic heterocycles. The highest BCUT2D eigenvalue weighted by molar-refractivity contribution is 7.46. The van der Waals surface area contributed by atoms with Gasteiger partial charge < -0.3 is 19.6 Å². The fraction of sp³-hybridized carbons (Fsp3) is 0.667. The van der Waals surface area contributed by atoms with Crippen LogP contribution in [0.25, 0.3) is 0 Å². The van der Waals surface area contributed by atoms with Crippen molar-refractivity contribution < 1.29 is 33.1 Å². The number of rotatable bonds is 5. The third kappa shape index (κ3) is 4.18. The van der Waals surface area contributed by atoms with Crippen LogP contribution in [0.1, 0.15) is 26.5 Å². The second kappa shape index (κ2) is 6.87. The summed E-state index contributed by atoms with van der Waals surface area (Å²) < 4.78 is 35.3. The average molecular weight is 368 g/mol. The normalized spacial score (nSPS) is 26.0. The second-order valence-electron chi connectivity index (χ2n) is 5.81. The molecule has 1 aromatic rings. The Kier molecular flexibility index (Phi) is 5.43. The molecule has 2 rings (SSSR count). The molecule has 1 aliphatic rings. The lowest BCUT2D eigenvalue weighted by Crippen LogP contribution is -2.40. The maximum atomic E-state index is 13.4. The Labute approximate surface area is 135 Å². The molecule has 0 amide bonds.